The summed E-state index contributed by atoms with van der Waals surface area (Å²) in [7, 11) is -3.87. The zero-order valence-corrected chi connectivity index (χ0v) is 13.7. The summed E-state index contributed by atoms with van der Waals surface area (Å²) >= 11 is 0. The topological polar surface area (TPSA) is 107 Å². The number of ether oxygens (including phenoxy) is 2. The third kappa shape index (κ3) is 5.00. The van der Waals surface area contributed by atoms with Crippen molar-refractivity contribution in [3.63, 3.8) is 0 Å². The quantitative estimate of drug-likeness (QED) is 0.424. The number of carbonyl (C=O) groups excluding carboxylic acids is 2. The highest BCUT2D eigenvalue weighted by Crippen LogP contribution is 2.27. The molecule has 1 rings (SSSR count). The highest BCUT2D eigenvalue weighted by atomic mass is 32.2. The first-order valence-electron chi connectivity index (χ1n) is 6.79. The SMILES string of the molecule is BCc1cccc(C(=O)OCC(=O)OC(C)C(F)(F)S(=O)(=O)O)c1. The van der Waals surface area contributed by atoms with Crippen molar-refractivity contribution in [2.45, 2.75) is 24.6 Å². The Hall–Kier alpha value is -2.01. The number of hydrogen-bond acceptors (Lipinski definition) is 6. The molecule has 0 aliphatic rings. The van der Waals surface area contributed by atoms with Crippen LogP contribution in [0.4, 0.5) is 8.78 Å². The second-order valence-electron chi connectivity index (χ2n) is 4.80. The zero-order chi connectivity index (χ0) is 18.5. The molecule has 1 aromatic carbocycles. The Balaban J connectivity index is 2.61. The first-order valence-corrected chi connectivity index (χ1v) is 8.23. The molecule has 7 nitrogen and oxygen atoms in total. The van der Waals surface area contributed by atoms with E-state index in [-0.39, 0.29) is 5.56 Å². The van der Waals surface area contributed by atoms with Gasteiger partial charge in [0.1, 0.15) is 7.85 Å². The summed E-state index contributed by atoms with van der Waals surface area (Å²) in [6, 6.07) is 6.39. The monoisotopic (exact) mass is 364 g/mol. The van der Waals surface area contributed by atoms with Crippen LogP contribution in [0.2, 0.25) is 0 Å². The molecule has 0 saturated carbocycles. The van der Waals surface area contributed by atoms with E-state index in [1.165, 1.54) is 6.07 Å². The average Bonchev–Trinajstić information content (AvgIpc) is 2.51. The van der Waals surface area contributed by atoms with Crippen LogP contribution in [0.25, 0.3) is 0 Å². The van der Waals surface area contributed by atoms with Gasteiger partial charge in [0.2, 0.25) is 0 Å². The highest BCUT2D eigenvalue weighted by Gasteiger charge is 2.51. The van der Waals surface area contributed by atoms with Gasteiger partial charge in [-0.1, -0.05) is 24.0 Å². The lowest BCUT2D eigenvalue weighted by Crippen LogP contribution is -2.42. The Morgan fingerprint density at radius 2 is 2.00 bits per heavy atom. The van der Waals surface area contributed by atoms with Crippen LogP contribution in [0.5, 0.6) is 0 Å². The van der Waals surface area contributed by atoms with Crippen LogP contribution in [0.3, 0.4) is 0 Å². The molecule has 1 unspecified atom stereocenters. The summed E-state index contributed by atoms with van der Waals surface area (Å²) in [5, 5.41) is -4.68. The molecule has 0 bridgehead atoms. The average molecular weight is 364 g/mol. The molecular formula is C13H15BF2O7S. The van der Waals surface area contributed by atoms with E-state index < -0.39 is 40.0 Å². The lowest BCUT2D eigenvalue weighted by Gasteiger charge is -2.20. The van der Waals surface area contributed by atoms with Crippen molar-refractivity contribution in [2.24, 2.45) is 0 Å². The summed E-state index contributed by atoms with van der Waals surface area (Å²) in [4.78, 5) is 23.1. The number of benzene rings is 1. The van der Waals surface area contributed by atoms with Crippen LogP contribution in [-0.2, 0) is 30.7 Å². The standard InChI is InChI=1S/C13H15BF2O7S/c1-8(13(15,16)24(19,20)21)23-11(17)7-22-12(18)10-4-2-3-9(5-10)6-14/h2-5,8H,6-7,14H2,1H3,(H,19,20,21). The summed E-state index contributed by atoms with van der Waals surface area (Å²) in [6.45, 7) is -0.403. The van der Waals surface area contributed by atoms with E-state index in [0.29, 0.717) is 13.2 Å². The normalized spacial score (nSPS) is 13.2. The molecule has 0 spiro atoms. The van der Waals surface area contributed by atoms with Crippen molar-refractivity contribution in [1.82, 2.24) is 0 Å². The zero-order valence-electron chi connectivity index (χ0n) is 12.9. The van der Waals surface area contributed by atoms with Gasteiger partial charge in [-0.15, -0.1) is 0 Å². The van der Waals surface area contributed by atoms with Gasteiger partial charge in [0, 0.05) is 0 Å². The fraction of sp³-hybridized carbons (Fsp3) is 0.385. The molecule has 11 heteroatoms. The molecule has 24 heavy (non-hydrogen) atoms. The van der Waals surface area contributed by atoms with E-state index in [1.54, 1.807) is 18.2 Å². The number of esters is 2. The molecule has 0 aliphatic heterocycles. The van der Waals surface area contributed by atoms with Crippen molar-refractivity contribution in [2.75, 3.05) is 6.61 Å². The van der Waals surface area contributed by atoms with Crippen molar-refractivity contribution < 1.29 is 40.8 Å². The molecule has 1 N–H and O–H groups in total. The summed E-state index contributed by atoms with van der Waals surface area (Å²) < 4.78 is 64.6. The molecule has 0 amide bonds. The van der Waals surface area contributed by atoms with Crippen LogP contribution >= 0.6 is 0 Å². The lowest BCUT2D eigenvalue weighted by molar-refractivity contribution is -0.162. The van der Waals surface area contributed by atoms with Gasteiger partial charge in [0.15, 0.2) is 12.7 Å². The van der Waals surface area contributed by atoms with Crippen molar-refractivity contribution in [1.29, 1.82) is 0 Å². The minimum atomic E-state index is -5.75. The fourth-order valence-electron chi connectivity index (χ4n) is 1.64. The number of carbonyl (C=O) groups is 2. The third-order valence-corrected chi connectivity index (χ3v) is 4.04. The van der Waals surface area contributed by atoms with Crippen molar-refractivity contribution >= 4 is 29.9 Å². The van der Waals surface area contributed by atoms with Crippen LogP contribution in [0, 0.1) is 0 Å². The molecule has 1 atom stereocenters. The minimum absolute atomic E-state index is 0.165. The van der Waals surface area contributed by atoms with Gasteiger partial charge in [0.25, 0.3) is 0 Å². The maximum absolute atomic E-state index is 13.2. The first kappa shape index (κ1) is 20.0. The van der Waals surface area contributed by atoms with Gasteiger partial charge in [-0.3, -0.25) is 4.55 Å². The second kappa shape index (κ2) is 7.71. The Bertz CT molecular complexity index is 721. The predicted octanol–water partition coefficient (Wildman–Crippen LogP) is 0.389. The predicted molar refractivity (Wildman–Crippen MR) is 81.0 cm³/mol. The number of halogens is 2. The van der Waals surface area contributed by atoms with E-state index in [9.17, 15) is 26.8 Å². The molecular weight excluding hydrogens is 349 g/mol. The van der Waals surface area contributed by atoms with Crippen LogP contribution in [-0.4, -0.2) is 50.7 Å². The molecule has 0 aliphatic carbocycles. The molecule has 0 heterocycles. The number of hydrogen-bond donors (Lipinski definition) is 1. The molecule has 0 saturated heterocycles. The lowest BCUT2D eigenvalue weighted by atomic mass is 9.96. The number of alkyl halides is 2. The second-order valence-corrected chi connectivity index (χ2v) is 6.29. The Morgan fingerprint density at radius 1 is 1.38 bits per heavy atom. The Labute approximate surface area is 138 Å². The maximum Gasteiger partial charge on any atom is 0.405 e. The Kier molecular flexibility index (Phi) is 6.44. The van der Waals surface area contributed by atoms with Gasteiger partial charge in [-0.2, -0.15) is 17.2 Å². The molecule has 1 aromatic rings. The summed E-state index contributed by atoms with van der Waals surface area (Å²) in [5.41, 5.74) is 1.02. The first-order chi connectivity index (χ1) is 11.0. The van der Waals surface area contributed by atoms with Gasteiger partial charge in [0.05, 0.1) is 5.56 Å². The minimum Gasteiger partial charge on any atom is -0.452 e. The van der Waals surface area contributed by atoms with Crippen LogP contribution in [0.15, 0.2) is 24.3 Å². The molecule has 0 fully saturated rings. The van der Waals surface area contributed by atoms with E-state index in [1.807, 2.05) is 7.85 Å². The van der Waals surface area contributed by atoms with Gasteiger partial charge in [-0.05, 0) is 19.1 Å². The van der Waals surface area contributed by atoms with Gasteiger partial charge >= 0.3 is 27.3 Å². The van der Waals surface area contributed by atoms with Crippen LogP contribution < -0.4 is 0 Å². The number of rotatable bonds is 7. The summed E-state index contributed by atoms with van der Waals surface area (Å²) in [5.74, 6) is -2.25. The molecule has 0 radical (unpaired) electrons. The van der Waals surface area contributed by atoms with Crippen molar-refractivity contribution in [3.05, 3.63) is 35.4 Å². The van der Waals surface area contributed by atoms with E-state index in [0.717, 1.165) is 5.56 Å². The van der Waals surface area contributed by atoms with E-state index >= 15 is 0 Å². The summed E-state index contributed by atoms with van der Waals surface area (Å²) in [6.07, 6.45) is -1.78. The smallest absolute Gasteiger partial charge is 0.405 e. The molecule has 132 valence electrons. The van der Waals surface area contributed by atoms with Crippen molar-refractivity contribution in [3.8, 4) is 0 Å². The Morgan fingerprint density at radius 3 is 2.54 bits per heavy atom. The van der Waals surface area contributed by atoms with Crippen LogP contribution in [0.1, 0.15) is 22.8 Å². The molecule has 0 aromatic heterocycles. The fourth-order valence-corrected chi connectivity index (χ4v) is 2.10. The third-order valence-electron chi connectivity index (χ3n) is 3.02. The van der Waals surface area contributed by atoms with E-state index in [2.05, 4.69) is 9.47 Å². The highest BCUT2D eigenvalue weighted by molar-refractivity contribution is 7.86. The van der Waals surface area contributed by atoms with E-state index in [4.69, 9.17) is 4.55 Å². The largest absolute Gasteiger partial charge is 0.452 e. The maximum atomic E-state index is 13.2. The van der Waals surface area contributed by atoms with Gasteiger partial charge in [-0.25, -0.2) is 9.59 Å². The van der Waals surface area contributed by atoms with Gasteiger partial charge < -0.3 is 9.47 Å².